The zero-order chi connectivity index (χ0) is 21.0. The maximum Gasteiger partial charge on any atom is 0.147 e. The van der Waals surface area contributed by atoms with Crippen LogP contribution in [0, 0.1) is 0 Å². The number of ether oxygens (including phenoxy) is 2. The minimum atomic E-state index is 0.532. The van der Waals surface area contributed by atoms with Crippen molar-refractivity contribution < 1.29 is 9.47 Å². The van der Waals surface area contributed by atoms with E-state index in [1.165, 1.54) is 0 Å². The summed E-state index contributed by atoms with van der Waals surface area (Å²) in [6.07, 6.45) is 0. The van der Waals surface area contributed by atoms with E-state index in [9.17, 15) is 0 Å². The minimum absolute atomic E-state index is 0.532. The Bertz CT molecular complexity index is 1190. The van der Waals surface area contributed by atoms with Gasteiger partial charge in [-0.3, -0.25) is 0 Å². The summed E-state index contributed by atoms with van der Waals surface area (Å²) in [6, 6.07) is 26.8. The number of anilines is 2. The maximum absolute atomic E-state index is 6.27. The van der Waals surface area contributed by atoms with E-state index in [1.807, 2.05) is 42.5 Å². The molecule has 0 saturated carbocycles. The molecule has 0 amide bonds. The molecule has 3 aromatic carbocycles. The smallest absolute Gasteiger partial charge is 0.147 e. The molecule has 1 fully saturated rings. The first-order valence-corrected chi connectivity index (χ1v) is 10.6. The van der Waals surface area contributed by atoms with Crippen LogP contribution in [0.3, 0.4) is 0 Å². The number of para-hydroxylation sites is 1. The lowest BCUT2D eigenvalue weighted by Gasteiger charge is -2.29. The van der Waals surface area contributed by atoms with Crippen molar-refractivity contribution in [3.05, 3.63) is 84.4 Å². The molecule has 2 heterocycles. The van der Waals surface area contributed by atoms with Gasteiger partial charge in [0.05, 0.1) is 24.4 Å². The molecule has 1 aliphatic heterocycles. The number of fused-ring (bicyclic) bond motifs is 1. The lowest BCUT2D eigenvalue weighted by Crippen LogP contribution is -2.36. The van der Waals surface area contributed by atoms with Crippen molar-refractivity contribution in [3.63, 3.8) is 0 Å². The van der Waals surface area contributed by atoms with Crippen molar-refractivity contribution in [1.82, 2.24) is 4.98 Å². The number of hydrogen-bond donors (Lipinski definition) is 1. The predicted molar refractivity (Wildman–Crippen MR) is 125 cm³/mol. The van der Waals surface area contributed by atoms with Crippen LogP contribution in [0.15, 0.2) is 78.9 Å². The molecular formula is C26H25N3O2. The Hall–Kier alpha value is -3.57. The summed E-state index contributed by atoms with van der Waals surface area (Å²) in [7, 11) is 0. The van der Waals surface area contributed by atoms with Gasteiger partial charge in [0, 0.05) is 24.0 Å². The monoisotopic (exact) mass is 411 g/mol. The van der Waals surface area contributed by atoms with Crippen LogP contribution >= 0.6 is 0 Å². The van der Waals surface area contributed by atoms with E-state index < -0.39 is 0 Å². The van der Waals surface area contributed by atoms with E-state index in [1.54, 1.807) is 0 Å². The first-order chi connectivity index (χ1) is 15.3. The van der Waals surface area contributed by atoms with Gasteiger partial charge in [-0.15, -0.1) is 0 Å². The number of pyridine rings is 1. The summed E-state index contributed by atoms with van der Waals surface area (Å²) in [5, 5.41) is 1.06. The van der Waals surface area contributed by atoms with Crippen molar-refractivity contribution >= 4 is 22.4 Å². The van der Waals surface area contributed by atoms with E-state index in [2.05, 4.69) is 46.3 Å². The third-order valence-electron chi connectivity index (χ3n) is 5.61. The molecule has 5 heteroatoms. The highest BCUT2D eigenvalue weighted by Crippen LogP contribution is 2.34. The van der Waals surface area contributed by atoms with Gasteiger partial charge < -0.3 is 20.1 Å². The summed E-state index contributed by atoms with van der Waals surface area (Å²) >= 11 is 0. The lowest BCUT2D eigenvalue weighted by molar-refractivity contribution is 0.123. The molecule has 156 valence electrons. The molecular weight excluding hydrogens is 386 g/mol. The minimum Gasteiger partial charge on any atom is -0.488 e. The molecule has 0 unspecified atom stereocenters. The van der Waals surface area contributed by atoms with Gasteiger partial charge in [0.15, 0.2) is 0 Å². The number of morpholine rings is 1. The molecule has 1 saturated heterocycles. The van der Waals surface area contributed by atoms with Crippen molar-refractivity contribution in [3.8, 4) is 16.9 Å². The predicted octanol–water partition coefficient (Wildman–Crippen LogP) is 4.90. The van der Waals surface area contributed by atoms with Gasteiger partial charge in [0.1, 0.15) is 18.2 Å². The molecule has 0 radical (unpaired) electrons. The van der Waals surface area contributed by atoms with Gasteiger partial charge >= 0.3 is 0 Å². The summed E-state index contributed by atoms with van der Waals surface area (Å²) in [6.45, 7) is 3.61. The Morgan fingerprint density at radius 3 is 2.52 bits per heavy atom. The number of nitrogens with two attached hydrogens (primary N) is 1. The number of benzene rings is 3. The molecule has 5 rings (SSSR count). The fourth-order valence-corrected chi connectivity index (χ4v) is 3.97. The van der Waals surface area contributed by atoms with Gasteiger partial charge in [-0.25, -0.2) is 4.98 Å². The first kappa shape index (κ1) is 19.4. The third kappa shape index (κ3) is 4.18. The second kappa shape index (κ2) is 8.66. The maximum atomic E-state index is 6.27. The Morgan fingerprint density at radius 2 is 1.68 bits per heavy atom. The second-order valence-electron chi connectivity index (χ2n) is 7.67. The van der Waals surface area contributed by atoms with Crippen LogP contribution in [0.4, 0.5) is 11.5 Å². The van der Waals surface area contributed by atoms with E-state index in [-0.39, 0.29) is 0 Å². The second-order valence-corrected chi connectivity index (χ2v) is 7.67. The van der Waals surface area contributed by atoms with Gasteiger partial charge in [0.25, 0.3) is 0 Å². The topological polar surface area (TPSA) is 60.6 Å². The largest absolute Gasteiger partial charge is 0.488 e. The van der Waals surface area contributed by atoms with E-state index in [4.69, 9.17) is 15.2 Å². The number of aromatic nitrogens is 1. The molecule has 4 aromatic rings. The molecule has 1 aliphatic rings. The summed E-state index contributed by atoms with van der Waals surface area (Å²) in [4.78, 5) is 6.89. The number of rotatable bonds is 5. The van der Waals surface area contributed by atoms with Crippen molar-refractivity contribution in [2.75, 3.05) is 36.9 Å². The van der Waals surface area contributed by atoms with Crippen molar-refractivity contribution in [2.45, 2.75) is 6.61 Å². The van der Waals surface area contributed by atoms with Crippen LogP contribution in [-0.4, -0.2) is 31.3 Å². The normalized spacial score (nSPS) is 14.0. The Morgan fingerprint density at radius 1 is 0.903 bits per heavy atom. The molecule has 0 atom stereocenters. The van der Waals surface area contributed by atoms with Gasteiger partial charge in [0.2, 0.25) is 0 Å². The van der Waals surface area contributed by atoms with E-state index in [0.29, 0.717) is 25.6 Å². The Kier molecular flexibility index (Phi) is 5.42. The fraction of sp³-hybridized carbons (Fsp3) is 0.192. The van der Waals surface area contributed by atoms with Crippen LogP contribution < -0.4 is 15.4 Å². The van der Waals surface area contributed by atoms with Gasteiger partial charge in [-0.2, -0.15) is 0 Å². The molecule has 2 N–H and O–H groups in total. The van der Waals surface area contributed by atoms with Crippen LogP contribution in [-0.2, 0) is 11.3 Å². The summed E-state index contributed by atoms with van der Waals surface area (Å²) < 4.78 is 11.6. The molecule has 0 bridgehead atoms. The number of nitrogen functional groups attached to an aromatic ring is 1. The summed E-state index contributed by atoms with van der Waals surface area (Å²) in [5.74, 6) is 1.43. The Labute approximate surface area is 182 Å². The van der Waals surface area contributed by atoms with Gasteiger partial charge in [-0.1, -0.05) is 54.6 Å². The molecule has 31 heavy (non-hydrogen) atoms. The molecule has 1 aromatic heterocycles. The van der Waals surface area contributed by atoms with Crippen molar-refractivity contribution in [1.29, 1.82) is 0 Å². The SMILES string of the molecule is Nc1nc2ccc(-c3ccccc3OCc3ccccc3)cc2cc1N1CCOCC1. The number of hydrogen-bond acceptors (Lipinski definition) is 5. The molecule has 5 nitrogen and oxygen atoms in total. The fourth-order valence-electron chi connectivity index (χ4n) is 3.97. The highest BCUT2D eigenvalue weighted by Gasteiger charge is 2.16. The summed E-state index contributed by atoms with van der Waals surface area (Å²) in [5.41, 5.74) is 11.4. The van der Waals surface area contributed by atoms with Crippen LogP contribution in [0.2, 0.25) is 0 Å². The van der Waals surface area contributed by atoms with Crippen LogP contribution in [0.5, 0.6) is 5.75 Å². The highest BCUT2D eigenvalue weighted by atomic mass is 16.5. The third-order valence-corrected chi connectivity index (χ3v) is 5.61. The van der Waals surface area contributed by atoms with E-state index >= 15 is 0 Å². The number of nitrogens with zero attached hydrogens (tertiary/aromatic N) is 2. The van der Waals surface area contributed by atoms with Crippen LogP contribution in [0.25, 0.3) is 22.0 Å². The first-order valence-electron chi connectivity index (χ1n) is 10.6. The zero-order valence-electron chi connectivity index (χ0n) is 17.3. The zero-order valence-corrected chi connectivity index (χ0v) is 17.3. The average molecular weight is 412 g/mol. The quantitative estimate of drug-likeness (QED) is 0.506. The Balaban J connectivity index is 1.48. The van der Waals surface area contributed by atoms with E-state index in [0.717, 1.165) is 52.1 Å². The molecule has 0 spiro atoms. The molecule has 0 aliphatic carbocycles. The van der Waals surface area contributed by atoms with Crippen LogP contribution in [0.1, 0.15) is 5.56 Å². The average Bonchev–Trinajstić information content (AvgIpc) is 2.83. The standard InChI is InChI=1S/C26H25N3O2/c27-26-24(29-12-14-30-15-13-29)17-21-16-20(10-11-23(21)28-26)22-8-4-5-9-25(22)31-18-19-6-2-1-3-7-19/h1-11,16-17H,12-15,18H2,(H2,27,28). The van der Waals surface area contributed by atoms with Gasteiger partial charge in [-0.05, 0) is 35.4 Å². The lowest BCUT2D eigenvalue weighted by atomic mass is 10.0. The highest BCUT2D eigenvalue weighted by molar-refractivity contribution is 5.90. The van der Waals surface area contributed by atoms with Crippen molar-refractivity contribution in [2.24, 2.45) is 0 Å².